The molecule has 27 heavy (non-hydrogen) atoms. The molecule has 0 spiro atoms. The first-order chi connectivity index (χ1) is 13.2. The van der Waals surface area contributed by atoms with Gasteiger partial charge >= 0.3 is 0 Å². The van der Waals surface area contributed by atoms with Crippen LogP contribution in [0.1, 0.15) is 31.2 Å². The maximum absolute atomic E-state index is 9.74. The predicted molar refractivity (Wildman–Crippen MR) is 108 cm³/mol. The first-order valence-electron chi connectivity index (χ1n) is 9.10. The number of hydrogen-bond donors (Lipinski definition) is 3. The van der Waals surface area contributed by atoms with Gasteiger partial charge in [-0.1, -0.05) is 23.7 Å². The number of nitriles is 1. The maximum atomic E-state index is 9.74. The number of anilines is 3. The Balaban J connectivity index is 1.72. The van der Waals surface area contributed by atoms with Gasteiger partial charge in [0.15, 0.2) is 0 Å². The van der Waals surface area contributed by atoms with Crippen molar-refractivity contribution in [1.29, 1.82) is 5.26 Å². The van der Waals surface area contributed by atoms with E-state index in [1.807, 2.05) is 36.4 Å². The van der Waals surface area contributed by atoms with Crippen molar-refractivity contribution in [3.63, 3.8) is 0 Å². The highest BCUT2D eigenvalue weighted by atomic mass is 35.5. The van der Waals surface area contributed by atoms with Gasteiger partial charge in [-0.05, 0) is 43.9 Å². The van der Waals surface area contributed by atoms with E-state index in [2.05, 4.69) is 21.8 Å². The second-order valence-corrected chi connectivity index (χ2v) is 7.33. The standard InChI is InChI=1S/C20H21ClN6/c21-16-3-1-2-4-17(16)26-20-11-18(25-14-7-5-13(23)6-8-14)15(12-22)19-9-10-24-27(19)20/h1-4,9-11,13-14,25-26H,5-8,23H2. The summed E-state index contributed by atoms with van der Waals surface area (Å²) in [7, 11) is 0. The van der Waals surface area contributed by atoms with Gasteiger partial charge in [0.1, 0.15) is 17.5 Å². The summed E-state index contributed by atoms with van der Waals surface area (Å²) in [6.07, 6.45) is 5.70. The van der Waals surface area contributed by atoms with Crippen LogP contribution in [0.3, 0.4) is 0 Å². The molecule has 0 bridgehead atoms. The maximum Gasteiger partial charge on any atom is 0.134 e. The molecule has 2 aromatic heterocycles. The molecule has 0 radical (unpaired) electrons. The van der Waals surface area contributed by atoms with Crippen LogP contribution in [0.25, 0.3) is 5.52 Å². The van der Waals surface area contributed by atoms with Gasteiger partial charge in [-0.25, -0.2) is 4.52 Å². The van der Waals surface area contributed by atoms with Crippen molar-refractivity contribution in [3.8, 4) is 6.07 Å². The third kappa shape index (κ3) is 3.57. The Hall–Kier alpha value is -2.75. The Bertz CT molecular complexity index is 997. The number of rotatable bonds is 4. The van der Waals surface area contributed by atoms with E-state index in [0.717, 1.165) is 48.4 Å². The summed E-state index contributed by atoms with van der Waals surface area (Å²) in [5.41, 5.74) is 8.95. The molecule has 6 nitrogen and oxygen atoms in total. The van der Waals surface area contributed by atoms with Gasteiger partial charge in [-0.3, -0.25) is 0 Å². The Morgan fingerprint density at radius 1 is 1.15 bits per heavy atom. The molecule has 0 amide bonds. The number of para-hydroxylation sites is 1. The minimum Gasteiger partial charge on any atom is -0.381 e. The van der Waals surface area contributed by atoms with E-state index >= 15 is 0 Å². The van der Waals surface area contributed by atoms with Crippen molar-refractivity contribution in [3.05, 3.63) is 53.2 Å². The molecule has 1 fully saturated rings. The van der Waals surface area contributed by atoms with Gasteiger partial charge in [-0.2, -0.15) is 10.4 Å². The zero-order chi connectivity index (χ0) is 18.8. The number of fused-ring (bicyclic) bond motifs is 1. The van der Waals surface area contributed by atoms with Crippen LogP contribution in [0.5, 0.6) is 0 Å². The molecular formula is C20H21ClN6. The average molecular weight is 381 g/mol. The fourth-order valence-corrected chi connectivity index (χ4v) is 3.78. The fourth-order valence-electron chi connectivity index (χ4n) is 3.60. The Labute approximate surface area is 162 Å². The van der Waals surface area contributed by atoms with Crippen LogP contribution in [0.4, 0.5) is 17.2 Å². The number of halogens is 1. The lowest BCUT2D eigenvalue weighted by Gasteiger charge is -2.28. The van der Waals surface area contributed by atoms with Gasteiger partial charge in [-0.15, -0.1) is 0 Å². The second-order valence-electron chi connectivity index (χ2n) is 6.92. The number of hydrogen-bond acceptors (Lipinski definition) is 5. The molecule has 0 saturated heterocycles. The summed E-state index contributed by atoms with van der Waals surface area (Å²) in [6.45, 7) is 0. The van der Waals surface area contributed by atoms with E-state index in [1.165, 1.54) is 0 Å². The van der Waals surface area contributed by atoms with Crippen molar-refractivity contribution in [2.24, 2.45) is 5.73 Å². The molecule has 1 aromatic carbocycles. The number of benzene rings is 1. The first kappa shape index (κ1) is 17.7. The number of aromatic nitrogens is 2. The summed E-state index contributed by atoms with van der Waals surface area (Å²) < 4.78 is 1.73. The summed E-state index contributed by atoms with van der Waals surface area (Å²) >= 11 is 6.29. The lowest BCUT2D eigenvalue weighted by atomic mass is 9.91. The zero-order valence-electron chi connectivity index (χ0n) is 14.8. The molecule has 1 aliphatic rings. The number of nitrogens with one attached hydrogen (secondary N) is 2. The summed E-state index contributed by atoms with van der Waals surface area (Å²) in [4.78, 5) is 0. The van der Waals surface area contributed by atoms with Crippen LogP contribution in [0, 0.1) is 11.3 Å². The third-order valence-corrected chi connectivity index (χ3v) is 5.39. The van der Waals surface area contributed by atoms with Crippen molar-refractivity contribution >= 4 is 34.3 Å². The molecular weight excluding hydrogens is 360 g/mol. The topological polar surface area (TPSA) is 91.2 Å². The number of nitrogens with two attached hydrogens (primary N) is 1. The first-order valence-corrected chi connectivity index (χ1v) is 9.48. The van der Waals surface area contributed by atoms with Gasteiger partial charge < -0.3 is 16.4 Å². The normalized spacial score (nSPS) is 19.6. The molecule has 2 heterocycles. The highest BCUT2D eigenvalue weighted by molar-refractivity contribution is 6.33. The van der Waals surface area contributed by atoms with Crippen LogP contribution in [0.2, 0.25) is 5.02 Å². The van der Waals surface area contributed by atoms with Crippen LogP contribution >= 0.6 is 11.6 Å². The monoisotopic (exact) mass is 380 g/mol. The van der Waals surface area contributed by atoms with E-state index in [4.69, 9.17) is 17.3 Å². The number of nitrogens with zero attached hydrogens (tertiary/aromatic N) is 3. The molecule has 3 aromatic rings. The highest BCUT2D eigenvalue weighted by Gasteiger charge is 2.21. The Morgan fingerprint density at radius 2 is 1.93 bits per heavy atom. The summed E-state index contributed by atoms with van der Waals surface area (Å²) in [5.74, 6) is 0.747. The Morgan fingerprint density at radius 3 is 2.67 bits per heavy atom. The van der Waals surface area contributed by atoms with Crippen LogP contribution in [-0.4, -0.2) is 21.7 Å². The van der Waals surface area contributed by atoms with Crippen molar-refractivity contribution in [2.45, 2.75) is 37.8 Å². The van der Waals surface area contributed by atoms with E-state index in [-0.39, 0.29) is 6.04 Å². The summed E-state index contributed by atoms with van der Waals surface area (Å²) in [6, 6.07) is 14.2. The predicted octanol–water partition coefficient (Wildman–Crippen LogP) is 4.28. The van der Waals surface area contributed by atoms with Crippen molar-refractivity contribution in [1.82, 2.24) is 9.61 Å². The minimum atomic E-state index is 0.285. The molecule has 138 valence electrons. The van der Waals surface area contributed by atoms with Gasteiger partial charge in [0.25, 0.3) is 0 Å². The van der Waals surface area contributed by atoms with E-state index < -0.39 is 0 Å². The largest absolute Gasteiger partial charge is 0.381 e. The molecule has 0 atom stereocenters. The third-order valence-electron chi connectivity index (χ3n) is 5.06. The molecule has 0 unspecified atom stereocenters. The van der Waals surface area contributed by atoms with Crippen LogP contribution in [-0.2, 0) is 0 Å². The molecule has 4 rings (SSSR count). The van der Waals surface area contributed by atoms with Gasteiger partial charge in [0, 0.05) is 18.2 Å². The molecule has 0 aliphatic heterocycles. The molecule has 1 saturated carbocycles. The van der Waals surface area contributed by atoms with Gasteiger partial charge in [0.05, 0.1) is 28.1 Å². The lowest BCUT2D eigenvalue weighted by Crippen LogP contribution is -2.33. The SMILES string of the molecule is N#Cc1c(NC2CCC(N)CC2)cc(Nc2ccccc2Cl)n2nccc12. The fraction of sp³-hybridized carbons (Fsp3) is 0.300. The molecule has 7 heteroatoms. The van der Waals surface area contributed by atoms with Crippen LogP contribution < -0.4 is 16.4 Å². The van der Waals surface area contributed by atoms with E-state index in [0.29, 0.717) is 16.6 Å². The Kier molecular flexibility index (Phi) is 4.88. The van der Waals surface area contributed by atoms with E-state index in [1.54, 1.807) is 10.7 Å². The zero-order valence-corrected chi connectivity index (χ0v) is 15.6. The second kappa shape index (κ2) is 7.47. The summed E-state index contributed by atoms with van der Waals surface area (Å²) in [5, 5.41) is 21.6. The average Bonchev–Trinajstić information content (AvgIpc) is 3.15. The smallest absolute Gasteiger partial charge is 0.134 e. The number of pyridine rings is 1. The van der Waals surface area contributed by atoms with E-state index in [9.17, 15) is 5.26 Å². The van der Waals surface area contributed by atoms with Crippen LogP contribution in [0.15, 0.2) is 42.6 Å². The highest BCUT2D eigenvalue weighted by Crippen LogP contribution is 2.31. The van der Waals surface area contributed by atoms with Crippen molar-refractivity contribution < 1.29 is 0 Å². The minimum absolute atomic E-state index is 0.285. The quantitative estimate of drug-likeness (QED) is 0.628. The van der Waals surface area contributed by atoms with Gasteiger partial charge in [0.2, 0.25) is 0 Å². The molecule has 4 N–H and O–H groups in total. The lowest BCUT2D eigenvalue weighted by molar-refractivity contribution is 0.411. The van der Waals surface area contributed by atoms with Crippen molar-refractivity contribution in [2.75, 3.05) is 10.6 Å². The molecule has 1 aliphatic carbocycles.